The second-order valence-corrected chi connectivity index (χ2v) is 4.53. The van der Waals surface area contributed by atoms with Gasteiger partial charge in [0.05, 0.1) is 17.3 Å². The van der Waals surface area contributed by atoms with Crippen LogP contribution in [0.5, 0.6) is 0 Å². The first-order valence-corrected chi connectivity index (χ1v) is 5.93. The molecule has 1 aliphatic rings. The van der Waals surface area contributed by atoms with E-state index in [0.29, 0.717) is 18.6 Å². The number of aromatic nitrogens is 2. The molecule has 17 heavy (non-hydrogen) atoms. The number of Topliss-reactive ketones (excluding diaryl/α,β-unsaturated/α-hetero) is 1. The van der Waals surface area contributed by atoms with Crippen LogP contribution in [0.4, 0.5) is 0 Å². The van der Waals surface area contributed by atoms with Crippen molar-refractivity contribution in [1.29, 1.82) is 0 Å². The van der Waals surface area contributed by atoms with Gasteiger partial charge in [0.25, 0.3) is 0 Å². The Bertz CT molecular complexity index is 573. The molecule has 0 saturated carbocycles. The maximum atomic E-state index is 11.5. The van der Waals surface area contributed by atoms with Crippen molar-refractivity contribution in [3.63, 3.8) is 0 Å². The second-order valence-electron chi connectivity index (χ2n) is 4.53. The van der Waals surface area contributed by atoms with E-state index in [1.807, 2.05) is 13.1 Å². The lowest BCUT2D eigenvalue weighted by Gasteiger charge is -2.22. The summed E-state index contributed by atoms with van der Waals surface area (Å²) in [6.07, 6.45) is 5.00. The minimum Gasteiger partial charge on any atom is -0.316 e. The zero-order valence-corrected chi connectivity index (χ0v) is 9.81. The van der Waals surface area contributed by atoms with Gasteiger partial charge in [-0.15, -0.1) is 0 Å². The Hall–Kier alpha value is -1.68. The molecular formula is C13H15N3O. The first kappa shape index (κ1) is 10.5. The van der Waals surface area contributed by atoms with Gasteiger partial charge >= 0.3 is 0 Å². The summed E-state index contributed by atoms with van der Waals surface area (Å²) >= 11 is 0. The van der Waals surface area contributed by atoms with Gasteiger partial charge in [0.1, 0.15) is 5.78 Å². The Morgan fingerprint density at radius 2 is 2.35 bits per heavy atom. The Balaban J connectivity index is 2.05. The van der Waals surface area contributed by atoms with Gasteiger partial charge in [-0.05, 0) is 19.1 Å². The maximum Gasteiger partial charge on any atom is 0.136 e. The highest BCUT2D eigenvalue weighted by Crippen LogP contribution is 2.24. The fourth-order valence-corrected chi connectivity index (χ4v) is 2.48. The molecule has 0 spiro atoms. The van der Waals surface area contributed by atoms with E-state index in [-0.39, 0.29) is 6.04 Å². The number of hydrogen-bond donors (Lipinski definition) is 1. The van der Waals surface area contributed by atoms with Crippen LogP contribution in [0.25, 0.3) is 5.52 Å². The molecule has 1 aliphatic heterocycles. The molecule has 1 atom stereocenters. The smallest absolute Gasteiger partial charge is 0.136 e. The molecule has 2 aromatic rings. The third-order valence-electron chi connectivity index (χ3n) is 3.39. The van der Waals surface area contributed by atoms with Crippen molar-refractivity contribution >= 4 is 11.3 Å². The number of carbonyl (C=O) groups is 1. The van der Waals surface area contributed by atoms with Crippen molar-refractivity contribution in [3.05, 3.63) is 35.9 Å². The van der Waals surface area contributed by atoms with Gasteiger partial charge in [0.15, 0.2) is 0 Å². The van der Waals surface area contributed by atoms with E-state index in [2.05, 4.69) is 26.8 Å². The third-order valence-corrected chi connectivity index (χ3v) is 3.39. The molecule has 1 unspecified atom stereocenters. The van der Waals surface area contributed by atoms with Gasteiger partial charge in [0.2, 0.25) is 0 Å². The minimum atomic E-state index is 0.139. The van der Waals surface area contributed by atoms with Crippen LogP contribution in [0.2, 0.25) is 0 Å². The highest BCUT2D eigenvalue weighted by Gasteiger charge is 2.22. The van der Waals surface area contributed by atoms with Crippen molar-refractivity contribution in [2.75, 3.05) is 6.54 Å². The molecule has 0 aliphatic carbocycles. The number of hydrogen-bond acceptors (Lipinski definition) is 3. The normalized spacial score (nSPS) is 21.0. The van der Waals surface area contributed by atoms with Crippen LogP contribution < -0.4 is 5.32 Å². The SMILES string of the molecule is Cc1nccn2c(C3CC(=O)CCN3)ccc12. The summed E-state index contributed by atoms with van der Waals surface area (Å²) in [5, 5.41) is 3.40. The van der Waals surface area contributed by atoms with Gasteiger partial charge in [-0.25, -0.2) is 0 Å². The van der Waals surface area contributed by atoms with E-state index in [4.69, 9.17) is 0 Å². The fraction of sp³-hybridized carbons (Fsp3) is 0.385. The van der Waals surface area contributed by atoms with Crippen molar-refractivity contribution < 1.29 is 4.79 Å². The third kappa shape index (κ3) is 1.74. The van der Waals surface area contributed by atoms with Crippen LogP contribution in [0, 0.1) is 6.92 Å². The molecule has 2 aromatic heterocycles. The average Bonchev–Trinajstić information content (AvgIpc) is 2.74. The lowest BCUT2D eigenvalue weighted by atomic mass is 10.0. The summed E-state index contributed by atoms with van der Waals surface area (Å²) in [6, 6.07) is 4.29. The Morgan fingerprint density at radius 1 is 1.47 bits per heavy atom. The van der Waals surface area contributed by atoms with Gasteiger partial charge in [-0.3, -0.25) is 9.78 Å². The van der Waals surface area contributed by atoms with Crippen LogP contribution in [0.1, 0.15) is 30.3 Å². The first-order valence-electron chi connectivity index (χ1n) is 5.93. The lowest BCUT2D eigenvalue weighted by molar-refractivity contribution is -0.120. The largest absolute Gasteiger partial charge is 0.316 e. The fourth-order valence-electron chi connectivity index (χ4n) is 2.48. The summed E-state index contributed by atoms with van der Waals surface area (Å²) in [4.78, 5) is 15.8. The zero-order valence-electron chi connectivity index (χ0n) is 9.81. The highest BCUT2D eigenvalue weighted by atomic mass is 16.1. The number of aryl methyl sites for hydroxylation is 1. The summed E-state index contributed by atoms with van der Waals surface area (Å²) in [6.45, 7) is 2.78. The van der Waals surface area contributed by atoms with E-state index >= 15 is 0 Å². The van der Waals surface area contributed by atoms with E-state index in [9.17, 15) is 4.79 Å². The van der Waals surface area contributed by atoms with E-state index in [1.165, 1.54) is 0 Å². The monoisotopic (exact) mass is 229 g/mol. The van der Waals surface area contributed by atoms with Gasteiger partial charge in [-0.2, -0.15) is 0 Å². The standard InChI is InChI=1S/C13H15N3O/c1-9-12-2-3-13(16(12)7-6-14-9)11-8-10(17)4-5-15-11/h2-3,6-7,11,15H,4-5,8H2,1H3. The number of piperidine rings is 1. The van der Waals surface area contributed by atoms with Crippen molar-refractivity contribution in [3.8, 4) is 0 Å². The van der Waals surface area contributed by atoms with E-state index in [1.54, 1.807) is 6.20 Å². The predicted molar refractivity (Wildman–Crippen MR) is 64.9 cm³/mol. The molecule has 88 valence electrons. The molecule has 1 saturated heterocycles. The molecule has 0 radical (unpaired) electrons. The van der Waals surface area contributed by atoms with Crippen LogP contribution in [0.3, 0.4) is 0 Å². The van der Waals surface area contributed by atoms with Crippen LogP contribution in [-0.4, -0.2) is 21.7 Å². The zero-order chi connectivity index (χ0) is 11.8. The molecule has 1 N–H and O–H groups in total. The number of nitrogens with zero attached hydrogens (tertiary/aromatic N) is 2. The second kappa shape index (κ2) is 3.96. The minimum absolute atomic E-state index is 0.139. The Labute approximate surface area is 99.7 Å². The quantitative estimate of drug-likeness (QED) is 0.808. The molecule has 3 heterocycles. The topological polar surface area (TPSA) is 46.4 Å². The number of rotatable bonds is 1. The predicted octanol–water partition coefficient (Wildman–Crippen LogP) is 1.64. The van der Waals surface area contributed by atoms with Crippen LogP contribution in [0.15, 0.2) is 24.5 Å². The average molecular weight is 229 g/mol. The van der Waals surface area contributed by atoms with Crippen LogP contribution in [-0.2, 0) is 4.79 Å². The number of ketones is 1. The number of fused-ring (bicyclic) bond motifs is 1. The van der Waals surface area contributed by atoms with Gasteiger partial charge in [-0.1, -0.05) is 0 Å². The van der Waals surface area contributed by atoms with Crippen molar-refractivity contribution in [2.24, 2.45) is 0 Å². The number of nitrogens with one attached hydrogen (secondary N) is 1. The molecule has 4 nitrogen and oxygen atoms in total. The summed E-state index contributed by atoms with van der Waals surface area (Å²) in [5.41, 5.74) is 3.28. The van der Waals surface area contributed by atoms with Crippen molar-refractivity contribution in [2.45, 2.75) is 25.8 Å². The Kier molecular flexibility index (Phi) is 2.44. The summed E-state index contributed by atoms with van der Waals surface area (Å²) in [5.74, 6) is 0.342. The Morgan fingerprint density at radius 3 is 3.18 bits per heavy atom. The summed E-state index contributed by atoms with van der Waals surface area (Å²) in [7, 11) is 0. The maximum absolute atomic E-state index is 11.5. The lowest BCUT2D eigenvalue weighted by Crippen LogP contribution is -2.32. The van der Waals surface area contributed by atoms with E-state index in [0.717, 1.165) is 23.4 Å². The molecular weight excluding hydrogens is 214 g/mol. The molecule has 0 bridgehead atoms. The molecule has 0 aromatic carbocycles. The van der Waals surface area contributed by atoms with Gasteiger partial charge < -0.3 is 9.72 Å². The highest BCUT2D eigenvalue weighted by molar-refractivity contribution is 5.80. The molecule has 0 amide bonds. The number of carbonyl (C=O) groups excluding carboxylic acids is 1. The molecule has 1 fully saturated rings. The molecule has 4 heteroatoms. The van der Waals surface area contributed by atoms with Gasteiger partial charge in [0, 0.05) is 37.5 Å². The molecule has 3 rings (SSSR count). The summed E-state index contributed by atoms with van der Waals surface area (Å²) < 4.78 is 2.12. The van der Waals surface area contributed by atoms with Crippen molar-refractivity contribution in [1.82, 2.24) is 14.7 Å². The van der Waals surface area contributed by atoms with Crippen LogP contribution >= 0.6 is 0 Å². The first-order chi connectivity index (χ1) is 8.25. The van der Waals surface area contributed by atoms with E-state index < -0.39 is 0 Å².